The summed E-state index contributed by atoms with van der Waals surface area (Å²) in [5.41, 5.74) is 1.21. The van der Waals surface area contributed by atoms with E-state index in [1.807, 2.05) is 18.2 Å². The minimum Gasteiger partial charge on any atom is -0.490 e. The molecule has 2 heterocycles. The second-order valence-electron chi connectivity index (χ2n) is 8.20. The normalized spacial score (nSPS) is 27.6. The summed E-state index contributed by atoms with van der Waals surface area (Å²) in [5, 5.41) is 10.4. The number of aliphatic hydroxyl groups is 1. The molecule has 3 rings (SSSR count). The van der Waals surface area contributed by atoms with Gasteiger partial charge in [0, 0.05) is 6.61 Å². The second-order valence-corrected chi connectivity index (χ2v) is 8.20. The molecule has 2 saturated heterocycles. The fourth-order valence-corrected chi connectivity index (χ4v) is 4.16. The maximum absolute atomic E-state index is 10.4. The molecule has 1 aromatic rings. The van der Waals surface area contributed by atoms with Crippen molar-refractivity contribution in [2.45, 2.75) is 44.8 Å². The summed E-state index contributed by atoms with van der Waals surface area (Å²) in [7, 11) is 0. The van der Waals surface area contributed by atoms with Crippen molar-refractivity contribution >= 4 is 0 Å². The number of piperazine rings is 1. The highest BCUT2D eigenvalue weighted by Crippen LogP contribution is 2.25. The summed E-state index contributed by atoms with van der Waals surface area (Å²) in [5.74, 6) is 1.33. The Balaban J connectivity index is 1.37. The zero-order chi connectivity index (χ0) is 18.4. The number of hydrogen-bond acceptors (Lipinski definition) is 3. The highest BCUT2D eigenvalue weighted by atomic mass is 16.5. The van der Waals surface area contributed by atoms with E-state index in [1.165, 1.54) is 36.4 Å². The Morgan fingerprint density at radius 2 is 1.88 bits per heavy atom. The van der Waals surface area contributed by atoms with Gasteiger partial charge in [0.25, 0.3) is 0 Å². The molecule has 0 spiro atoms. The van der Waals surface area contributed by atoms with Crippen LogP contribution in [0.3, 0.4) is 0 Å². The average molecular weight is 365 g/mol. The van der Waals surface area contributed by atoms with E-state index in [4.69, 9.17) is 9.47 Å². The van der Waals surface area contributed by atoms with Crippen LogP contribution < -0.4 is 14.5 Å². The third-order valence-corrected chi connectivity index (χ3v) is 5.70. The molecule has 0 aromatic heterocycles. The standard InChI is InChI=1S/C21H34N2O3/c1-17(2)20-7-3-4-8-21(20)26-16-18(24)14-22-9-11-23(12-10-22)15-19-6-5-13-25-19/h3-4,7-8,17-19,24H,5-6,9-16H2,1-2H3/p+2/t18-,19-/m0/s1. The fraction of sp³-hybridized carbons (Fsp3) is 0.714. The molecular formula is C21H36N2O3+2. The molecule has 0 amide bonds. The number of ether oxygens (including phenoxy) is 2. The van der Waals surface area contributed by atoms with E-state index in [9.17, 15) is 5.11 Å². The predicted octanol–water partition coefficient (Wildman–Crippen LogP) is -0.488. The van der Waals surface area contributed by atoms with E-state index in [0.717, 1.165) is 38.5 Å². The molecule has 5 nitrogen and oxygen atoms in total. The number of nitrogens with one attached hydrogen (secondary N) is 2. The molecule has 0 radical (unpaired) electrons. The van der Waals surface area contributed by atoms with Gasteiger partial charge in [0.15, 0.2) is 0 Å². The van der Waals surface area contributed by atoms with Gasteiger partial charge in [-0.3, -0.25) is 0 Å². The van der Waals surface area contributed by atoms with E-state index in [1.54, 1.807) is 4.90 Å². The van der Waals surface area contributed by atoms with Crippen LogP contribution in [0.15, 0.2) is 24.3 Å². The van der Waals surface area contributed by atoms with Crippen molar-refractivity contribution < 1.29 is 24.4 Å². The highest BCUT2D eigenvalue weighted by Gasteiger charge is 2.28. The van der Waals surface area contributed by atoms with Gasteiger partial charge < -0.3 is 24.4 Å². The van der Waals surface area contributed by atoms with Crippen LogP contribution in [0.2, 0.25) is 0 Å². The van der Waals surface area contributed by atoms with Crippen LogP contribution in [0.4, 0.5) is 0 Å². The Labute approximate surface area is 157 Å². The van der Waals surface area contributed by atoms with Crippen molar-refractivity contribution in [2.24, 2.45) is 0 Å². The third kappa shape index (κ3) is 5.68. The summed E-state index contributed by atoms with van der Waals surface area (Å²) in [6.07, 6.45) is 2.52. The minimum absolute atomic E-state index is 0.375. The van der Waals surface area contributed by atoms with Gasteiger partial charge >= 0.3 is 0 Å². The number of aliphatic hydroxyl groups excluding tert-OH is 1. The van der Waals surface area contributed by atoms with Gasteiger partial charge in [-0.25, -0.2) is 0 Å². The molecule has 5 heteroatoms. The SMILES string of the molecule is CC(C)c1ccccc1OC[C@@H](O)C[NH+]1CC[NH+](C[C@@H]2CCCO2)CC1. The first kappa shape index (κ1) is 19.6. The first-order chi connectivity index (χ1) is 12.6. The van der Waals surface area contributed by atoms with Crippen LogP contribution >= 0.6 is 0 Å². The Kier molecular flexibility index (Phi) is 7.32. The molecule has 0 aliphatic carbocycles. The van der Waals surface area contributed by atoms with E-state index in [0.29, 0.717) is 18.6 Å². The van der Waals surface area contributed by atoms with Gasteiger partial charge in [-0.15, -0.1) is 0 Å². The molecule has 2 aliphatic heterocycles. The summed E-state index contributed by atoms with van der Waals surface area (Å²) < 4.78 is 11.7. The molecule has 2 atom stereocenters. The fourth-order valence-electron chi connectivity index (χ4n) is 4.16. The van der Waals surface area contributed by atoms with Crippen molar-refractivity contribution in [1.82, 2.24) is 0 Å². The van der Waals surface area contributed by atoms with Gasteiger partial charge in [0.2, 0.25) is 0 Å². The van der Waals surface area contributed by atoms with Crippen LogP contribution in [-0.2, 0) is 4.74 Å². The topological polar surface area (TPSA) is 47.6 Å². The van der Waals surface area contributed by atoms with E-state index >= 15 is 0 Å². The van der Waals surface area contributed by atoms with Gasteiger partial charge in [-0.1, -0.05) is 32.0 Å². The quantitative estimate of drug-likeness (QED) is 0.584. The highest BCUT2D eigenvalue weighted by molar-refractivity contribution is 5.35. The maximum atomic E-state index is 10.4. The van der Waals surface area contributed by atoms with Crippen LogP contribution in [-0.4, -0.2) is 69.8 Å². The Bertz CT molecular complexity index is 538. The van der Waals surface area contributed by atoms with Gasteiger partial charge in [-0.05, 0) is 30.4 Å². The average Bonchev–Trinajstić information content (AvgIpc) is 3.15. The third-order valence-electron chi connectivity index (χ3n) is 5.70. The largest absolute Gasteiger partial charge is 0.490 e. The molecule has 0 unspecified atom stereocenters. The molecule has 146 valence electrons. The van der Waals surface area contributed by atoms with Gasteiger partial charge in [0.1, 0.15) is 63.8 Å². The maximum Gasteiger partial charge on any atom is 0.137 e. The lowest BCUT2D eigenvalue weighted by Gasteiger charge is -2.31. The van der Waals surface area contributed by atoms with Crippen LogP contribution in [0.5, 0.6) is 5.75 Å². The number of rotatable bonds is 8. The van der Waals surface area contributed by atoms with Gasteiger partial charge in [-0.2, -0.15) is 0 Å². The number of para-hydroxylation sites is 1. The smallest absolute Gasteiger partial charge is 0.137 e. The van der Waals surface area contributed by atoms with E-state index in [-0.39, 0.29) is 0 Å². The minimum atomic E-state index is -0.412. The zero-order valence-electron chi connectivity index (χ0n) is 16.4. The predicted molar refractivity (Wildman–Crippen MR) is 102 cm³/mol. The zero-order valence-corrected chi connectivity index (χ0v) is 16.4. The molecule has 26 heavy (non-hydrogen) atoms. The van der Waals surface area contributed by atoms with Crippen molar-refractivity contribution in [3.63, 3.8) is 0 Å². The summed E-state index contributed by atoms with van der Waals surface area (Å²) >= 11 is 0. The lowest BCUT2D eigenvalue weighted by atomic mass is 10.0. The Morgan fingerprint density at radius 1 is 1.15 bits per heavy atom. The molecule has 3 N–H and O–H groups in total. The molecule has 2 fully saturated rings. The second kappa shape index (κ2) is 9.70. The lowest BCUT2D eigenvalue weighted by molar-refractivity contribution is -1.01. The van der Waals surface area contributed by atoms with Crippen LogP contribution in [0.25, 0.3) is 0 Å². The lowest BCUT2D eigenvalue weighted by Crippen LogP contribution is -3.28. The number of hydrogen-bond donors (Lipinski definition) is 3. The van der Waals surface area contributed by atoms with Crippen molar-refractivity contribution in [2.75, 3.05) is 52.5 Å². The number of quaternary nitrogens is 2. The van der Waals surface area contributed by atoms with E-state index in [2.05, 4.69) is 19.9 Å². The first-order valence-electron chi connectivity index (χ1n) is 10.3. The monoisotopic (exact) mass is 364 g/mol. The summed E-state index contributed by atoms with van der Waals surface area (Å²) in [6, 6.07) is 8.14. The van der Waals surface area contributed by atoms with Crippen LogP contribution in [0, 0.1) is 0 Å². The summed E-state index contributed by atoms with van der Waals surface area (Å²) in [6.45, 7) is 12.2. The van der Waals surface area contributed by atoms with Crippen molar-refractivity contribution in [3.8, 4) is 5.75 Å². The molecule has 0 bridgehead atoms. The van der Waals surface area contributed by atoms with Gasteiger partial charge in [0.05, 0.1) is 0 Å². The first-order valence-corrected chi connectivity index (χ1v) is 10.3. The molecule has 0 saturated carbocycles. The van der Waals surface area contributed by atoms with Crippen molar-refractivity contribution in [1.29, 1.82) is 0 Å². The van der Waals surface area contributed by atoms with Crippen LogP contribution in [0.1, 0.15) is 38.2 Å². The molecule has 1 aromatic carbocycles. The molecule has 2 aliphatic rings. The van der Waals surface area contributed by atoms with E-state index < -0.39 is 6.10 Å². The molecular weight excluding hydrogens is 328 g/mol. The Hall–Kier alpha value is -1.14. The number of benzene rings is 1. The van der Waals surface area contributed by atoms with Crippen molar-refractivity contribution in [3.05, 3.63) is 29.8 Å². The summed E-state index contributed by atoms with van der Waals surface area (Å²) in [4.78, 5) is 3.16. The Morgan fingerprint density at radius 3 is 2.58 bits per heavy atom.